The van der Waals surface area contributed by atoms with Gasteiger partial charge in [-0.05, 0) is 56.5 Å². The van der Waals surface area contributed by atoms with E-state index in [1.807, 2.05) is 24.3 Å². The van der Waals surface area contributed by atoms with Gasteiger partial charge in [0, 0.05) is 5.02 Å². The average Bonchev–Trinajstić information content (AvgIpc) is 2.30. The van der Waals surface area contributed by atoms with Crippen LogP contribution in [0.3, 0.4) is 0 Å². The Bertz CT molecular complexity index is 323. The van der Waals surface area contributed by atoms with E-state index in [-0.39, 0.29) is 0 Å². The third-order valence-corrected chi connectivity index (χ3v) is 3.22. The smallest absolute Gasteiger partial charge is 0.120 e. The second kappa shape index (κ2) is 6.12. The molecule has 1 atom stereocenters. The van der Waals surface area contributed by atoms with Crippen molar-refractivity contribution in [3.8, 4) is 5.75 Å². The van der Waals surface area contributed by atoms with Gasteiger partial charge in [-0.1, -0.05) is 17.7 Å². The van der Waals surface area contributed by atoms with Crippen LogP contribution in [0.2, 0.25) is 5.02 Å². The van der Waals surface area contributed by atoms with E-state index >= 15 is 0 Å². The summed E-state index contributed by atoms with van der Waals surface area (Å²) in [5.74, 6) is 1.64. The molecule has 88 valence electrons. The number of nitrogens with one attached hydrogen (secondary N) is 1. The molecule has 16 heavy (non-hydrogen) atoms. The van der Waals surface area contributed by atoms with Crippen molar-refractivity contribution < 1.29 is 4.74 Å². The lowest BCUT2D eigenvalue weighted by Gasteiger charge is -2.22. The largest absolute Gasteiger partial charge is 0.494 e. The summed E-state index contributed by atoms with van der Waals surface area (Å²) in [4.78, 5) is 0. The maximum absolute atomic E-state index is 5.88. The van der Waals surface area contributed by atoms with Crippen molar-refractivity contribution in [1.29, 1.82) is 0 Å². The van der Waals surface area contributed by atoms with Crippen LogP contribution in [0.25, 0.3) is 0 Å². The van der Waals surface area contributed by atoms with E-state index in [2.05, 4.69) is 5.32 Å². The van der Waals surface area contributed by atoms with E-state index < -0.39 is 0 Å². The summed E-state index contributed by atoms with van der Waals surface area (Å²) in [5.41, 5.74) is 0. The van der Waals surface area contributed by atoms with Crippen LogP contribution >= 0.6 is 11.6 Å². The van der Waals surface area contributed by atoms with Gasteiger partial charge in [-0.25, -0.2) is 0 Å². The first-order chi connectivity index (χ1) is 7.84. The van der Waals surface area contributed by atoms with E-state index in [1.165, 1.54) is 19.4 Å². The third kappa shape index (κ3) is 3.69. The van der Waals surface area contributed by atoms with Crippen LogP contribution in [0.4, 0.5) is 0 Å². The van der Waals surface area contributed by atoms with Crippen LogP contribution in [-0.4, -0.2) is 19.7 Å². The Balaban J connectivity index is 1.71. The number of ether oxygens (including phenoxy) is 1. The molecule has 0 saturated carbocycles. The summed E-state index contributed by atoms with van der Waals surface area (Å²) in [5, 5.41) is 4.15. The molecule has 1 aromatic rings. The van der Waals surface area contributed by atoms with Crippen molar-refractivity contribution >= 4 is 11.6 Å². The summed E-state index contributed by atoms with van der Waals surface area (Å²) in [6.07, 6.45) is 3.74. The number of hydrogen-bond donors (Lipinski definition) is 1. The minimum absolute atomic E-state index is 0.733. The van der Waals surface area contributed by atoms with Crippen molar-refractivity contribution in [1.82, 2.24) is 5.32 Å². The number of halogens is 1. The zero-order chi connectivity index (χ0) is 11.2. The molecule has 0 unspecified atom stereocenters. The molecule has 3 heteroatoms. The quantitative estimate of drug-likeness (QED) is 0.872. The van der Waals surface area contributed by atoms with Gasteiger partial charge in [0.2, 0.25) is 0 Å². The summed E-state index contributed by atoms with van der Waals surface area (Å²) in [6, 6.07) is 7.59. The summed E-state index contributed by atoms with van der Waals surface area (Å²) < 4.78 is 5.68. The first-order valence-corrected chi connectivity index (χ1v) is 6.31. The molecule has 1 N–H and O–H groups in total. The van der Waals surface area contributed by atoms with Crippen LogP contribution < -0.4 is 10.1 Å². The minimum Gasteiger partial charge on any atom is -0.494 e. The Hall–Kier alpha value is -0.730. The lowest BCUT2D eigenvalue weighted by Crippen LogP contribution is -2.30. The highest BCUT2D eigenvalue weighted by atomic mass is 35.5. The lowest BCUT2D eigenvalue weighted by molar-refractivity contribution is 0.254. The van der Waals surface area contributed by atoms with Crippen molar-refractivity contribution in [2.45, 2.75) is 19.3 Å². The fraction of sp³-hybridized carbons (Fsp3) is 0.538. The van der Waals surface area contributed by atoms with Gasteiger partial charge in [-0.2, -0.15) is 0 Å². The predicted molar refractivity (Wildman–Crippen MR) is 67.2 cm³/mol. The maximum atomic E-state index is 5.88. The zero-order valence-electron chi connectivity index (χ0n) is 9.42. The van der Waals surface area contributed by atoms with Crippen LogP contribution in [0.5, 0.6) is 5.75 Å². The molecule has 1 saturated heterocycles. The average molecular weight is 240 g/mol. The molecule has 0 aromatic heterocycles. The topological polar surface area (TPSA) is 21.3 Å². The molecule has 0 amide bonds. The van der Waals surface area contributed by atoms with Gasteiger partial charge < -0.3 is 10.1 Å². The van der Waals surface area contributed by atoms with Crippen LogP contribution in [-0.2, 0) is 0 Å². The zero-order valence-corrected chi connectivity index (χ0v) is 10.2. The van der Waals surface area contributed by atoms with Gasteiger partial charge in [-0.15, -0.1) is 0 Å². The number of piperidine rings is 1. The minimum atomic E-state index is 0.733. The first-order valence-electron chi connectivity index (χ1n) is 5.94. The Kier molecular flexibility index (Phi) is 4.49. The molecule has 0 radical (unpaired) electrons. The van der Waals surface area contributed by atoms with E-state index in [4.69, 9.17) is 16.3 Å². The molecule has 1 aliphatic heterocycles. The van der Waals surface area contributed by atoms with Gasteiger partial charge in [-0.3, -0.25) is 0 Å². The number of benzene rings is 1. The van der Waals surface area contributed by atoms with Crippen LogP contribution in [0.1, 0.15) is 19.3 Å². The lowest BCUT2D eigenvalue weighted by atomic mass is 9.97. The van der Waals surface area contributed by atoms with Crippen LogP contribution in [0.15, 0.2) is 24.3 Å². The maximum Gasteiger partial charge on any atom is 0.120 e. The molecule has 1 heterocycles. The Morgan fingerprint density at radius 3 is 3.12 bits per heavy atom. The summed E-state index contributed by atoms with van der Waals surface area (Å²) >= 11 is 5.88. The van der Waals surface area contributed by atoms with E-state index in [0.717, 1.165) is 36.3 Å². The molecule has 0 bridgehead atoms. The number of rotatable bonds is 4. The molecule has 2 nitrogen and oxygen atoms in total. The van der Waals surface area contributed by atoms with Crippen molar-refractivity contribution in [3.05, 3.63) is 29.3 Å². The van der Waals surface area contributed by atoms with Crippen molar-refractivity contribution in [2.75, 3.05) is 19.7 Å². The summed E-state index contributed by atoms with van der Waals surface area (Å²) in [7, 11) is 0. The molecule has 1 aliphatic rings. The van der Waals surface area contributed by atoms with Crippen LogP contribution in [0, 0.1) is 5.92 Å². The fourth-order valence-corrected chi connectivity index (χ4v) is 2.25. The SMILES string of the molecule is Clc1cccc(OCC[C@H]2CCCNC2)c1. The Labute approximate surface area is 102 Å². The molecular weight excluding hydrogens is 222 g/mol. The van der Waals surface area contributed by atoms with Crippen molar-refractivity contribution in [3.63, 3.8) is 0 Å². The van der Waals surface area contributed by atoms with Gasteiger partial charge in [0.25, 0.3) is 0 Å². The standard InChI is InChI=1S/C13H18ClNO/c14-12-4-1-5-13(9-12)16-8-6-11-3-2-7-15-10-11/h1,4-5,9,11,15H,2-3,6-8,10H2/t11-/m1/s1. The second-order valence-electron chi connectivity index (χ2n) is 4.31. The highest BCUT2D eigenvalue weighted by Crippen LogP contribution is 2.19. The molecule has 0 aliphatic carbocycles. The van der Waals surface area contributed by atoms with E-state index in [0.29, 0.717) is 0 Å². The van der Waals surface area contributed by atoms with Crippen molar-refractivity contribution in [2.24, 2.45) is 5.92 Å². The van der Waals surface area contributed by atoms with E-state index in [1.54, 1.807) is 0 Å². The monoisotopic (exact) mass is 239 g/mol. The van der Waals surface area contributed by atoms with E-state index in [9.17, 15) is 0 Å². The first kappa shape index (κ1) is 11.7. The fourth-order valence-electron chi connectivity index (χ4n) is 2.07. The van der Waals surface area contributed by atoms with Gasteiger partial charge >= 0.3 is 0 Å². The molecule has 1 fully saturated rings. The normalized spacial score (nSPS) is 20.7. The van der Waals surface area contributed by atoms with Gasteiger partial charge in [0.15, 0.2) is 0 Å². The van der Waals surface area contributed by atoms with Gasteiger partial charge in [0.05, 0.1) is 6.61 Å². The molecular formula is C13H18ClNO. The predicted octanol–water partition coefficient (Wildman–Crippen LogP) is 3.11. The molecule has 2 rings (SSSR count). The third-order valence-electron chi connectivity index (χ3n) is 2.99. The highest BCUT2D eigenvalue weighted by molar-refractivity contribution is 6.30. The molecule has 1 aromatic carbocycles. The Morgan fingerprint density at radius 2 is 2.38 bits per heavy atom. The Morgan fingerprint density at radius 1 is 1.44 bits per heavy atom. The summed E-state index contributed by atoms with van der Waals surface area (Å²) in [6.45, 7) is 3.09. The number of hydrogen-bond acceptors (Lipinski definition) is 2. The van der Waals surface area contributed by atoms with Gasteiger partial charge in [0.1, 0.15) is 5.75 Å². The second-order valence-corrected chi connectivity index (χ2v) is 4.74. The highest BCUT2D eigenvalue weighted by Gasteiger charge is 2.12. The molecule has 0 spiro atoms.